The second-order valence-electron chi connectivity index (χ2n) is 4.59. The molecule has 0 saturated heterocycles. The predicted octanol–water partition coefficient (Wildman–Crippen LogP) is 2.55. The zero-order valence-electron chi connectivity index (χ0n) is 10.9. The summed E-state index contributed by atoms with van der Waals surface area (Å²) >= 11 is 3.19. The molecule has 0 aromatic heterocycles. The summed E-state index contributed by atoms with van der Waals surface area (Å²) in [6.07, 6.45) is -6.80. The van der Waals surface area contributed by atoms with E-state index < -0.39 is 30.7 Å². The topological polar surface area (TPSA) is 76.7 Å². The second kappa shape index (κ2) is 5.70. The number of hydrogen-bond acceptors (Lipinski definition) is 4. The molecule has 1 aliphatic rings. The molecule has 5 nitrogen and oxygen atoms in total. The van der Waals surface area contributed by atoms with E-state index in [0.717, 1.165) is 4.47 Å². The lowest BCUT2D eigenvalue weighted by molar-refractivity contribution is -0.302. The van der Waals surface area contributed by atoms with Gasteiger partial charge in [-0.2, -0.15) is 28.5 Å². The molecule has 0 radical (unpaired) electrons. The molecule has 0 aliphatic carbocycles. The predicted molar refractivity (Wildman–Crippen MR) is 73.4 cm³/mol. The highest BCUT2D eigenvalue weighted by Crippen LogP contribution is 2.41. The van der Waals surface area contributed by atoms with Gasteiger partial charge in [-0.3, -0.25) is 4.79 Å². The van der Waals surface area contributed by atoms with Crippen molar-refractivity contribution in [2.45, 2.75) is 24.7 Å². The molecule has 116 valence electrons. The van der Waals surface area contributed by atoms with Crippen LogP contribution in [0.5, 0.6) is 0 Å². The van der Waals surface area contributed by atoms with Gasteiger partial charge in [0.25, 0.3) is 11.6 Å². The number of hydrogen-bond donors (Lipinski definition) is 1. The fourth-order valence-corrected chi connectivity index (χ4v) is 2.24. The van der Waals surface area contributed by atoms with Crippen molar-refractivity contribution < 1.29 is 23.1 Å². The average molecular weight is 376 g/mol. The highest BCUT2D eigenvalue weighted by Gasteiger charge is 2.63. The van der Waals surface area contributed by atoms with Crippen molar-refractivity contribution in [3.63, 3.8) is 0 Å². The molecule has 1 amide bonds. The summed E-state index contributed by atoms with van der Waals surface area (Å²) in [5.74, 6) is -1.21. The molecule has 0 unspecified atom stereocenters. The van der Waals surface area contributed by atoms with Gasteiger partial charge in [0.1, 0.15) is 6.42 Å². The van der Waals surface area contributed by atoms with Crippen LogP contribution in [0.1, 0.15) is 18.4 Å². The number of carbonyl (C=O) groups excluding carboxylic acids is 1. The molecule has 9 heteroatoms. The zero-order valence-corrected chi connectivity index (χ0v) is 12.5. The summed E-state index contributed by atoms with van der Waals surface area (Å²) in [5, 5.41) is 21.9. The first-order valence-electron chi connectivity index (χ1n) is 6.01. The molecule has 0 fully saturated rings. The zero-order chi connectivity index (χ0) is 16.5. The van der Waals surface area contributed by atoms with E-state index in [1.165, 1.54) is 18.2 Å². The van der Waals surface area contributed by atoms with Gasteiger partial charge in [-0.1, -0.05) is 28.1 Å². The Balaban J connectivity index is 2.43. The van der Waals surface area contributed by atoms with Gasteiger partial charge in [0.2, 0.25) is 0 Å². The van der Waals surface area contributed by atoms with Crippen molar-refractivity contribution in [1.82, 2.24) is 5.01 Å². The molecule has 0 saturated carbocycles. The van der Waals surface area contributed by atoms with Crippen LogP contribution >= 0.6 is 15.9 Å². The first-order chi connectivity index (χ1) is 10.2. The molecule has 0 bridgehead atoms. The Labute approximate surface area is 131 Å². The van der Waals surface area contributed by atoms with Gasteiger partial charge >= 0.3 is 6.18 Å². The van der Waals surface area contributed by atoms with Gasteiger partial charge in [0, 0.05) is 4.47 Å². The maximum Gasteiger partial charge on any atom is 0.438 e. The van der Waals surface area contributed by atoms with Gasteiger partial charge in [-0.25, -0.2) is 0 Å². The number of carbonyl (C=O) groups is 1. The maximum absolute atomic E-state index is 13.1. The molecule has 1 aliphatic heterocycles. The highest BCUT2D eigenvalue weighted by molar-refractivity contribution is 9.10. The van der Waals surface area contributed by atoms with Crippen molar-refractivity contribution in [2.75, 3.05) is 0 Å². The average Bonchev–Trinajstić information content (AvgIpc) is 2.79. The van der Waals surface area contributed by atoms with Crippen LogP contribution in [0.2, 0.25) is 0 Å². The van der Waals surface area contributed by atoms with E-state index in [1.807, 2.05) is 0 Å². The smallest absolute Gasteiger partial charge is 0.362 e. The number of alkyl halides is 3. The minimum atomic E-state index is -5.10. The third-order valence-corrected chi connectivity index (χ3v) is 3.61. The van der Waals surface area contributed by atoms with E-state index in [-0.39, 0.29) is 10.7 Å². The van der Waals surface area contributed by atoms with E-state index in [4.69, 9.17) is 5.26 Å². The summed E-state index contributed by atoms with van der Waals surface area (Å²) in [5.41, 5.74) is -3.18. The molecular weight excluding hydrogens is 367 g/mol. The van der Waals surface area contributed by atoms with Crippen LogP contribution in [0.15, 0.2) is 33.8 Å². The number of benzene rings is 1. The second-order valence-corrected chi connectivity index (χ2v) is 5.50. The fourth-order valence-electron chi connectivity index (χ4n) is 1.97. The van der Waals surface area contributed by atoms with Crippen molar-refractivity contribution in [3.05, 3.63) is 34.3 Å². The van der Waals surface area contributed by atoms with E-state index in [0.29, 0.717) is 5.56 Å². The summed E-state index contributed by atoms with van der Waals surface area (Å²) in [6, 6.07) is 7.68. The van der Waals surface area contributed by atoms with Crippen molar-refractivity contribution in [3.8, 4) is 6.07 Å². The lowest BCUT2D eigenvalue weighted by Crippen LogP contribution is -2.56. The number of aliphatic hydroxyl groups is 1. The third kappa shape index (κ3) is 2.84. The maximum atomic E-state index is 13.1. The number of amides is 1. The molecule has 22 heavy (non-hydrogen) atoms. The summed E-state index contributed by atoms with van der Waals surface area (Å²) < 4.78 is 40.1. The standard InChI is InChI=1S/C13H9BrF3N3O2/c14-9-3-1-8(2-4-9)10-7-12(22,13(15,16)17)20(19-10)11(21)5-6-18/h1-4,22H,5,7H2/t12-/m1/s1. The fraction of sp³-hybridized carbons (Fsp3) is 0.308. The van der Waals surface area contributed by atoms with E-state index in [1.54, 1.807) is 12.1 Å². The lowest BCUT2D eigenvalue weighted by atomic mass is 10.0. The molecule has 1 aromatic carbocycles. The number of hydrazone groups is 1. The Morgan fingerprint density at radius 1 is 1.45 bits per heavy atom. The molecule has 1 atom stereocenters. The van der Waals surface area contributed by atoms with E-state index >= 15 is 0 Å². The Hall–Kier alpha value is -1.92. The van der Waals surface area contributed by atoms with Gasteiger partial charge in [-0.15, -0.1) is 0 Å². The quantitative estimate of drug-likeness (QED) is 0.862. The first kappa shape index (κ1) is 16.5. The van der Waals surface area contributed by atoms with Gasteiger partial charge < -0.3 is 5.11 Å². The highest BCUT2D eigenvalue weighted by atomic mass is 79.9. The van der Waals surface area contributed by atoms with Crippen LogP contribution in [-0.4, -0.2) is 33.6 Å². The Morgan fingerprint density at radius 2 is 2.05 bits per heavy atom. The summed E-state index contributed by atoms with van der Waals surface area (Å²) in [7, 11) is 0. The minimum absolute atomic E-state index is 0.0480. The third-order valence-electron chi connectivity index (χ3n) is 3.08. The normalized spacial score (nSPS) is 21.5. The summed E-state index contributed by atoms with van der Waals surface area (Å²) in [6.45, 7) is 0. The number of rotatable bonds is 2. The molecule has 1 heterocycles. The largest absolute Gasteiger partial charge is 0.438 e. The van der Waals surface area contributed by atoms with Crippen LogP contribution < -0.4 is 0 Å². The number of nitrogens with zero attached hydrogens (tertiary/aromatic N) is 3. The Bertz CT molecular complexity index is 667. The summed E-state index contributed by atoms with van der Waals surface area (Å²) in [4.78, 5) is 11.7. The monoisotopic (exact) mass is 375 g/mol. The van der Waals surface area contributed by atoms with Crippen LogP contribution in [-0.2, 0) is 4.79 Å². The van der Waals surface area contributed by atoms with Crippen LogP contribution in [0.3, 0.4) is 0 Å². The van der Waals surface area contributed by atoms with Crippen molar-refractivity contribution in [2.24, 2.45) is 5.10 Å². The van der Waals surface area contributed by atoms with Gasteiger partial charge in [0.05, 0.1) is 18.2 Å². The van der Waals surface area contributed by atoms with Gasteiger partial charge in [0.15, 0.2) is 0 Å². The number of halogens is 4. The van der Waals surface area contributed by atoms with Crippen LogP contribution in [0, 0.1) is 11.3 Å². The first-order valence-corrected chi connectivity index (χ1v) is 6.81. The molecule has 1 aromatic rings. The van der Waals surface area contributed by atoms with Crippen LogP contribution in [0.25, 0.3) is 0 Å². The SMILES string of the molecule is N#CCC(=O)N1N=C(c2ccc(Br)cc2)C[C@@]1(O)C(F)(F)F. The van der Waals surface area contributed by atoms with Gasteiger partial charge in [-0.05, 0) is 17.7 Å². The van der Waals surface area contributed by atoms with Crippen molar-refractivity contribution in [1.29, 1.82) is 5.26 Å². The Kier molecular flexibility index (Phi) is 4.26. The molecule has 0 spiro atoms. The van der Waals surface area contributed by atoms with Crippen molar-refractivity contribution >= 4 is 27.5 Å². The Morgan fingerprint density at radius 3 is 2.55 bits per heavy atom. The lowest BCUT2D eigenvalue weighted by Gasteiger charge is -2.32. The molecule has 1 N–H and O–H groups in total. The molecular formula is C13H9BrF3N3O2. The van der Waals surface area contributed by atoms with E-state index in [2.05, 4.69) is 21.0 Å². The number of nitriles is 1. The van der Waals surface area contributed by atoms with Crippen LogP contribution in [0.4, 0.5) is 13.2 Å². The van der Waals surface area contributed by atoms with E-state index in [9.17, 15) is 23.1 Å². The molecule has 2 rings (SSSR count). The minimum Gasteiger partial charge on any atom is -0.362 e.